The lowest BCUT2D eigenvalue weighted by Gasteiger charge is -2.27. The fourth-order valence-electron chi connectivity index (χ4n) is 3.19. The maximum absolute atomic E-state index is 13.2. The monoisotopic (exact) mass is 386 g/mol. The Hall–Kier alpha value is -2.63. The highest BCUT2D eigenvalue weighted by atomic mass is 19.1. The molecule has 1 aliphatic carbocycles. The number of furan rings is 1. The number of carbonyl (C=O) groups excluding carboxylic acids is 2. The minimum Gasteiger partial charge on any atom is -0.464 e. The summed E-state index contributed by atoms with van der Waals surface area (Å²) in [6, 6.07) is 9.81. The Labute approximate surface area is 165 Å². The highest BCUT2D eigenvalue weighted by Crippen LogP contribution is 2.31. The fraction of sp³-hybridized carbons (Fsp3) is 0.455. The summed E-state index contributed by atoms with van der Waals surface area (Å²) in [6.45, 7) is 5.12. The predicted molar refractivity (Wildman–Crippen MR) is 104 cm³/mol. The Bertz CT molecular complexity index is 811. The highest BCUT2D eigenvalue weighted by Gasteiger charge is 2.34. The molecule has 28 heavy (non-hydrogen) atoms. The molecule has 0 atom stereocenters. The van der Waals surface area contributed by atoms with Crippen LogP contribution >= 0.6 is 0 Å². The van der Waals surface area contributed by atoms with Gasteiger partial charge in [0.05, 0.1) is 13.1 Å². The molecule has 150 valence electrons. The van der Waals surface area contributed by atoms with E-state index in [4.69, 9.17) is 4.42 Å². The van der Waals surface area contributed by atoms with Crippen LogP contribution in [0.5, 0.6) is 0 Å². The molecule has 0 bridgehead atoms. The minimum absolute atomic E-state index is 0.0596. The largest absolute Gasteiger partial charge is 0.464 e. The van der Waals surface area contributed by atoms with Gasteiger partial charge in [0.25, 0.3) is 0 Å². The Morgan fingerprint density at radius 3 is 2.36 bits per heavy atom. The molecular weight excluding hydrogens is 359 g/mol. The lowest BCUT2D eigenvalue weighted by molar-refractivity contribution is -0.142. The van der Waals surface area contributed by atoms with Gasteiger partial charge in [0, 0.05) is 19.0 Å². The fourth-order valence-corrected chi connectivity index (χ4v) is 3.19. The Balaban J connectivity index is 1.74. The van der Waals surface area contributed by atoms with Crippen LogP contribution in [-0.4, -0.2) is 34.7 Å². The van der Waals surface area contributed by atoms with Gasteiger partial charge in [0.1, 0.15) is 17.3 Å². The topological polar surface area (TPSA) is 53.8 Å². The van der Waals surface area contributed by atoms with Crippen LogP contribution in [0.2, 0.25) is 0 Å². The van der Waals surface area contributed by atoms with E-state index in [2.05, 4.69) is 0 Å². The van der Waals surface area contributed by atoms with E-state index in [9.17, 15) is 14.0 Å². The standard InChI is InChI=1S/C22H27FN2O3/c1-3-12-24(22(27)18-7-8-18)15-21(26)25(14-20-11-4-16(2)28-20)13-17-5-9-19(23)10-6-17/h4-6,9-11,18H,3,7-8,12-15H2,1-2H3. The number of amides is 2. The number of rotatable bonds is 9. The van der Waals surface area contributed by atoms with Crippen molar-refractivity contribution in [1.82, 2.24) is 9.80 Å². The van der Waals surface area contributed by atoms with E-state index < -0.39 is 0 Å². The van der Waals surface area contributed by atoms with Crippen LogP contribution in [0, 0.1) is 18.7 Å². The third-order valence-corrected chi connectivity index (χ3v) is 4.84. The van der Waals surface area contributed by atoms with Gasteiger partial charge in [-0.15, -0.1) is 0 Å². The van der Waals surface area contributed by atoms with E-state index in [0.717, 1.165) is 30.6 Å². The minimum atomic E-state index is -0.313. The molecule has 1 aliphatic rings. The predicted octanol–water partition coefficient (Wildman–Crippen LogP) is 3.90. The maximum Gasteiger partial charge on any atom is 0.242 e. The van der Waals surface area contributed by atoms with E-state index in [0.29, 0.717) is 25.4 Å². The van der Waals surface area contributed by atoms with Crippen molar-refractivity contribution in [3.05, 3.63) is 59.3 Å². The van der Waals surface area contributed by atoms with Crippen LogP contribution in [0.25, 0.3) is 0 Å². The number of carbonyl (C=O) groups is 2. The summed E-state index contributed by atoms with van der Waals surface area (Å²) in [5, 5.41) is 0. The second kappa shape index (κ2) is 9.04. The molecule has 1 aromatic carbocycles. The molecule has 6 heteroatoms. The summed E-state index contributed by atoms with van der Waals surface area (Å²) in [4.78, 5) is 28.9. The molecule has 2 aromatic rings. The average molecular weight is 386 g/mol. The van der Waals surface area contributed by atoms with Gasteiger partial charge in [-0.2, -0.15) is 0 Å². The molecule has 0 saturated heterocycles. The third kappa shape index (κ3) is 5.44. The lowest BCUT2D eigenvalue weighted by Crippen LogP contribution is -2.43. The summed E-state index contributed by atoms with van der Waals surface area (Å²) in [5.74, 6) is 1.17. The van der Waals surface area contributed by atoms with Gasteiger partial charge in [-0.25, -0.2) is 4.39 Å². The normalized spacial score (nSPS) is 13.4. The van der Waals surface area contributed by atoms with Gasteiger partial charge in [-0.1, -0.05) is 19.1 Å². The lowest BCUT2D eigenvalue weighted by atomic mass is 10.2. The van der Waals surface area contributed by atoms with Crippen molar-refractivity contribution in [3.8, 4) is 0 Å². The first-order valence-electron chi connectivity index (χ1n) is 9.82. The number of nitrogens with zero attached hydrogens (tertiary/aromatic N) is 2. The molecule has 0 spiro atoms. The van der Waals surface area contributed by atoms with Crippen molar-refractivity contribution in [1.29, 1.82) is 0 Å². The number of benzene rings is 1. The molecule has 0 N–H and O–H groups in total. The first-order valence-corrected chi connectivity index (χ1v) is 9.82. The van der Waals surface area contributed by atoms with Crippen LogP contribution in [0.4, 0.5) is 4.39 Å². The second-order valence-corrected chi connectivity index (χ2v) is 7.42. The quantitative estimate of drug-likeness (QED) is 0.657. The van der Waals surface area contributed by atoms with Gasteiger partial charge in [0.15, 0.2) is 0 Å². The molecular formula is C22H27FN2O3. The Morgan fingerprint density at radius 2 is 1.79 bits per heavy atom. The van der Waals surface area contributed by atoms with Crippen molar-refractivity contribution in [3.63, 3.8) is 0 Å². The van der Waals surface area contributed by atoms with Crippen LogP contribution in [-0.2, 0) is 22.7 Å². The zero-order chi connectivity index (χ0) is 20.1. The average Bonchev–Trinajstić information content (AvgIpc) is 3.44. The second-order valence-electron chi connectivity index (χ2n) is 7.42. The summed E-state index contributed by atoms with van der Waals surface area (Å²) in [7, 11) is 0. The van der Waals surface area contributed by atoms with Crippen LogP contribution in [0.1, 0.15) is 43.3 Å². The van der Waals surface area contributed by atoms with Gasteiger partial charge < -0.3 is 14.2 Å². The molecule has 1 aromatic heterocycles. The molecule has 5 nitrogen and oxygen atoms in total. The number of aryl methyl sites for hydroxylation is 1. The van der Waals surface area contributed by atoms with Gasteiger partial charge in [0.2, 0.25) is 11.8 Å². The number of hydrogen-bond acceptors (Lipinski definition) is 3. The first-order chi connectivity index (χ1) is 13.5. The zero-order valence-corrected chi connectivity index (χ0v) is 16.5. The smallest absolute Gasteiger partial charge is 0.242 e. The van der Waals surface area contributed by atoms with E-state index in [1.807, 2.05) is 26.0 Å². The summed E-state index contributed by atoms with van der Waals surface area (Å²) < 4.78 is 18.9. The van der Waals surface area contributed by atoms with Crippen LogP contribution in [0.3, 0.4) is 0 Å². The van der Waals surface area contributed by atoms with Crippen molar-refractivity contribution < 1.29 is 18.4 Å². The zero-order valence-electron chi connectivity index (χ0n) is 16.5. The molecule has 1 heterocycles. The van der Waals surface area contributed by atoms with Crippen molar-refractivity contribution in [2.75, 3.05) is 13.1 Å². The summed E-state index contributed by atoms with van der Waals surface area (Å²) >= 11 is 0. The number of hydrogen-bond donors (Lipinski definition) is 0. The summed E-state index contributed by atoms with van der Waals surface area (Å²) in [6.07, 6.45) is 2.64. The molecule has 1 fully saturated rings. The van der Waals surface area contributed by atoms with Gasteiger partial charge >= 0.3 is 0 Å². The highest BCUT2D eigenvalue weighted by molar-refractivity contribution is 5.87. The molecule has 3 rings (SSSR count). The Kier molecular flexibility index (Phi) is 6.49. The van der Waals surface area contributed by atoms with Crippen LogP contribution in [0.15, 0.2) is 40.8 Å². The summed E-state index contributed by atoms with van der Waals surface area (Å²) in [5.41, 5.74) is 0.827. The van der Waals surface area contributed by atoms with Crippen LogP contribution < -0.4 is 0 Å². The van der Waals surface area contributed by atoms with Gasteiger partial charge in [-0.05, 0) is 56.0 Å². The molecule has 1 saturated carbocycles. The van der Waals surface area contributed by atoms with Crippen molar-refractivity contribution in [2.45, 2.75) is 46.2 Å². The van der Waals surface area contributed by atoms with Crippen molar-refractivity contribution >= 4 is 11.8 Å². The van der Waals surface area contributed by atoms with E-state index in [1.165, 1.54) is 12.1 Å². The molecule has 0 unspecified atom stereocenters. The van der Waals surface area contributed by atoms with Gasteiger partial charge in [-0.3, -0.25) is 9.59 Å². The SMILES string of the molecule is CCCN(CC(=O)N(Cc1ccc(F)cc1)Cc1ccc(C)o1)C(=O)C1CC1. The third-order valence-electron chi connectivity index (χ3n) is 4.84. The number of halogens is 1. The van der Waals surface area contributed by atoms with Crippen molar-refractivity contribution in [2.24, 2.45) is 5.92 Å². The molecule has 0 aliphatic heterocycles. The first kappa shape index (κ1) is 20.1. The van der Waals surface area contributed by atoms with E-state index in [-0.39, 0.29) is 30.1 Å². The van der Waals surface area contributed by atoms with E-state index in [1.54, 1.807) is 21.9 Å². The van der Waals surface area contributed by atoms with E-state index >= 15 is 0 Å². The molecule has 2 amide bonds. The molecule has 0 radical (unpaired) electrons. The Morgan fingerprint density at radius 1 is 1.07 bits per heavy atom. The maximum atomic E-state index is 13.2.